The van der Waals surface area contributed by atoms with Gasteiger partial charge in [0.1, 0.15) is 5.75 Å². The zero-order valence-corrected chi connectivity index (χ0v) is 12.1. The number of methoxy groups -OCH3 is 1. The van der Waals surface area contributed by atoms with E-state index in [1.165, 1.54) is 7.11 Å². The number of hydrogen-bond acceptors (Lipinski definition) is 6. The maximum Gasteiger partial charge on any atom is 0.412 e. The lowest BCUT2D eigenvalue weighted by Crippen LogP contribution is -2.28. The second kappa shape index (κ2) is 9.98. The Balaban J connectivity index is 2.10. The van der Waals surface area contributed by atoms with Crippen LogP contribution in [0.3, 0.4) is 0 Å². The highest BCUT2D eigenvalue weighted by Gasteiger charge is 2.03. The minimum atomic E-state index is -0.655. The van der Waals surface area contributed by atoms with Gasteiger partial charge >= 0.3 is 18.0 Å². The molecule has 1 aromatic rings. The zero-order valence-electron chi connectivity index (χ0n) is 12.1. The summed E-state index contributed by atoms with van der Waals surface area (Å²) in [5.41, 5.74) is 0. The fraction of sp³-hybridized carbons (Fsp3) is 0.267. The van der Waals surface area contributed by atoms with Crippen LogP contribution in [0.15, 0.2) is 42.5 Å². The molecule has 22 heavy (non-hydrogen) atoms. The van der Waals surface area contributed by atoms with E-state index in [-0.39, 0.29) is 6.61 Å². The molecule has 0 aromatic heterocycles. The van der Waals surface area contributed by atoms with Crippen LogP contribution in [0.1, 0.15) is 6.42 Å². The van der Waals surface area contributed by atoms with E-state index in [0.717, 1.165) is 12.2 Å². The van der Waals surface area contributed by atoms with E-state index >= 15 is 0 Å². The molecular formula is C15H17NO6. The number of carbonyl (C=O) groups is 3. The molecule has 1 rings (SSSR count). The van der Waals surface area contributed by atoms with Crippen molar-refractivity contribution in [3.63, 3.8) is 0 Å². The number of para-hydroxylation sites is 1. The average Bonchev–Trinajstić information content (AvgIpc) is 2.53. The molecule has 118 valence electrons. The van der Waals surface area contributed by atoms with Gasteiger partial charge in [0.15, 0.2) is 0 Å². The molecule has 0 radical (unpaired) electrons. The highest BCUT2D eigenvalue weighted by atomic mass is 16.6. The highest BCUT2D eigenvalue weighted by molar-refractivity contribution is 5.91. The first kappa shape index (κ1) is 17.2. The molecule has 0 aliphatic heterocycles. The SMILES string of the molecule is COC(=O)/C=C/C(=O)OCCCNC(=O)Oc1ccccc1. The van der Waals surface area contributed by atoms with Gasteiger partial charge in [0, 0.05) is 18.7 Å². The van der Waals surface area contributed by atoms with Gasteiger partial charge in [0.25, 0.3) is 0 Å². The first-order valence-electron chi connectivity index (χ1n) is 6.55. The van der Waals surface area contributed by atoms with Gasteiger partial charge in [-0.15, -0.1) is 0 Å². The van der Waals surface area contributed by atoms with Gasteiger partial charge in [-0.25, -0.2) is 14.4 Å². The Morgan fingerprint density at radius 3 is 2.45 bits per heavy atom. The number of carbonyl (C=O) groups excluding carboxylic acids is 3. The lowest BCUT2D eigenvalue weighted by atomic mass is 10.3. The molecule has 0 spiro atoms. The number of benzene rings is 1. The molecule has 0 aliphatic carbocycles. The van der Waals surface area contributed by atoms with E-state index in [1.807, 2.05) is 6.07 Å². The lowest BCUT2D eigenvalue weighted by molar-refractivity contribution is -0.139. The Morgan fingerprint density at radius 1 is 1.09 bits per heavy atom. The van der Waals surface area contributed by atoms with Crippen molar-refractivity contribution in [2.75, 3.05) is 20.3 Å². The minimum Gasteiger partial charge on any atom is -0.466 e. The molecule has 0 unspecified atom stereocenters. The van der Waals surface area contributed by atoms with E-state index in [4.69, 9.17) is 9.47 Å². The molecule has 0 atom stereocenters. The Morgan fingerprint density at radius 2 is 1.77 bits per heavy atom. The summed E-state index contributed by atoms with van der Waals surface area (Å²) in [6.45, 7) is 0.398. The Bertz CT molecular complexity index is 526. The monoisotopic (exact) mass is 307 g/mol. The van der Waals surface area contributed by atoms with Gasteiger partial charge < -0.3 is 19.5 Å². The molecule has 0 fully saturated rings. The topological polar surface area (TPSA) is 90.9 Å². The van der Waals surface area contributed by atoms with Crippen LogP contribution in [0.2, 0.25) is 0 Å². The summed E-state index contributed by atoms with van der Waals surface area (Å²) in [6, 6.07) is 8.64. The van der Waals surface area contributed by atoms with Crippen molar-refractivity contribution in [1.82, 2.24) is 5.32 Å². The molecule has 0 aliphatic rings. The molecule has 0 saturated heterocycles. The van der Waals surface area contributed by atoms with Crippen molar-refractivity contribution in [3.05, 3.63) is 42.5 Å². The first-order chi connectivity index (χ1) is 10.6. The second-order valence-electron chi connectivity index (χ2n) is 4.01. The second-order valence-corrected chi connectivity index (χ2v) is 4.01. The van der Waals surface area contributed by atoms with Crippen molar-refractivity contribution >= 4 is 18.0 Å². The fourth-order valence-electron chi connectivity index (χ4n) is 1.32. The summed E-state index contributed by atoms with van der Waals surface area (Å²) >= 11 is 0. The third kappa shape index (κ3) is 7.68. The van der Waals surface area contributed by atoms with Gasteiger partial charge in [-0.2, -0.15) is 0 Å². The van der Waals surface area contributed by atoms with Crippen LogP contribution in [-0.4, -0.2) is 38.3 Å². The van der Waals surface area contributed by atoms with Crippen LogP contribution in [0.4, 0.5) is 4.79 Å². The number of ether oxygens (including phenoxy) is 3. The summed E-state index contributed by atoms with van der Waals surface area (Å²) in [7, 11) is 1.21. The molecule has 0 bridgehead atoms. The van der Waals surface area contributed by atoms with E-state index in [9.17, 15) is 14.4 Å². The van der Waals surface area contributed by atoms with Crippen molar-refractivity contribution in [2.45, 2.75) is 6.42 Å². The first-order valence-corrected chi connectivity index (χ1v) is 6.55. The molecule has 0 saturated carbocycles. The van der Waals surface area contributed by atoms with Crippen LogP contribution in [-0.2, 0) is 19.1 Å². The van der Waals surface area contributed by atoms with Gasteiger partial charge in [-0.1, -0.05) is 18.2 Å². The average molecular weight is 307 g/mol. The third-order valence-corrected chi connectivity index (χ3v) is 2.35. The summed E-state index contributed by atoms with van der Waals surface area (Å²) < 4.78 is 14.1. The van der Waals surface area contributed by atoms with E-state index < -0.39 is 18.0 Å². The number of rotatable bonds is 7. The number of esters is 2. The quantitative estimate of drug-likeness (QED) is 0.465. The molecule has 7 heteroatoms. The van der Waals surface area contributed by atoms with E-state index in [2.05, 4.69) is 10.1 Å². The zero-order chi connectivity index (χ0) is 16.2. The van der Waals surface area contributed by atoms with Gasteiger partial charge in [0.05, 0.1) is 13.7 Å². The smallest absolute Gasteiger partial charge is 0.412 e. The Hall–Kier alpha value is -2.83. The Kier molecular flexibility index (Phi) is 7.81. The van der Waals surface area contributed by atoms with Crippen molar-refractivity contribution < 1.29 is 28.6 Å². The molecular weight excluding hydrogens is 290 g/mol. The lowest BCUT2D eigenvalue weighted by Gasteiger charge is -2.06. The number of nitrogens with one attached hydrogen (secondary N) is 1. The van der Waals surface area contributed by atoms with E-state index in [1.54, 1.807) is 24.3 Å². The molecule has 1 N–H and O–H groups in total. The summed E-state index contributed by atoms with van der Waals surface area (Å²) in [5, 5.41) is 2.52. The van der Waals surface area contributed by atoms with Gasteiger partial charge in [-0.3, -0.25) is 0 Å². The number of amides is 1. The van der Waals surface area contributed by atoms with Gasteiger partial charge in [-0.05, 0) is 18.6 Å². The molecule has 1 amide bonds. The van der Waals surface area contributed by atoms with Gasteiger partial charge in [0.2, 0.25) is 0 Å². The highest BCUT2D eigenvalue weighted by Crippen LogP contribution is 2.07. The fourth-order valence-corrected chi connectivity index (χ4v) is 1.32. The minimum absolute atomic E-state index is 0.107. The van der Waals surface area contributed by atoms with Crippen LogP contribution >= 0.6 is 0 Å². The van der Waals surface area contributed by atoms with Crippen LogP contribution < -0.4 is 10.1 Å². The molecule has 7 nitrogen and oxygen atoms in total. The van der Waals surface area contributed by atoms with Crippen molar-refractivity contribution in [2.24, 2.45) is 0 Å². The maximum absolute atomic E-state index is 11.4. The predicted octanol–water partition coefficient (Wildman–Crippen LogP) is 1.44. The van der Waals surface area contributed by atoms with Crippen molar-refractivity contribution in [1.29, 1.82) is 0 Å². The van der Waals surface area contributed by atoms with Crippen LogP contribution in [0.5, 0.6) is 5.75 Å². The summed E-state index contributed by atoms with van der Waals surface area (Å²) in [4.78, 5) is 33.3. The largest absolute Gasteiger partial charge is 0.466 e. The third-order valence-electron chi connectivity index (χ3n) is 2.35. The summed E-state index contributed by atoms with van der Waals surface area (Å²) in [6.07, 6.45) is 1.78. The van der Waals surface area contributed by atoms with E-state index in [0.29, 0.717) is 18.7 Å². The standard InChI is InChI=1S/C15H17NO6/c1-20-13(17)8-9-14(18)21-11-5-10-16-15(19)22-12-6-3-2-4-7-12/h2-4,6-9H,5,10-11H2,1H3,(H,16,19)/b9-8+. The maximum atomic E-state index is 11.4. The number of hydrogen-bond donors (Lipinski definition) is 1. The van der Waals surface area contributed by atoms with Crippen LogP contribution in [0, 0.1) is 0 Å². The van der Waals surface area contributed by atoms with Crippen molar-refractivity contribution in [3.8, 4) is 5.75 Å². The molecule has 0 heterocycles. The predicted molar refractivity (Wildman–Crippen MR) is 77.2 cm³/mol. The molecule has 1 aromatic carbocycles. The normalized spacial score (nSPS) is 10.0. The van der Waals surface area contributed by atoms with Crippen LogP contribution in [0.25, 0.3) is 0 Å². The summed E-state index contributed by atoms with van der Waals surface area (Å²) in [5.74, 6) is -0.848. The Labute approximate surface area is 127 Å².